The van der Waals surface area contributed by atoms with E-state index < -0.39 is 0 Å². The highest BCUT2D eigenvalue weighted by Gasteiger charge is 2.10. The summed E-state index contributed by atoms with van der Waals surface area (Å²) in [6.07, 6.45) is 0.828. The highest BCUT2D eigenvalue weighted by atomic mass is 32.1. The Morgan fingerprint density at radius 1 is 1.33 bits per heavy atom. The maximum Gasteiger partial charge on any atom is 0.225 e. The molecule has 21 heavy (non-hydrogen) atoms. The average molecular weight is 310 g/mol. The van der Waals surface area contributed by atoms with Gasteiger partial charge in [0, 0.05) is 20.0 Å². The molecule has 0 aliphatic carbocycles. The predicted octanol–water partition coefficient (Wildman–Crippen LogP) is 1.91. The van der Waals surface area contributed by atoms with Crippen molar-refractivity contribution in [3.8, 4) is 11.5 Å². The van der Waals surface area contributed by atoms with Gasteiger partial charge in [0.1, 0.15) is 0 Å². The van der Waals surface area contributed by atoms with Gasteiger partial charge in [0.15, 0.2) is 11.5 Å². The standard InChI is InChI=1S/C15H22N2O3S/c1-11-4-5-12(13(10-11)19-3)20-9-7-15(18)17(2)8-6-14(16)21/h4-5,10H,6-9H2,1-3H3,(H2,16,21). The number of thiocarbonyl (C=S) groups is 1. The van der Waals surface area contributed by atoms with Crippen LogP contribution < -0.4 is 15.2 Å². The van der Waals surface area contributed by atoms with Gasteiger partial charge in [-0.2, -0.15) is 0 Å². The van der Waals surface area contributed by atoms with Gasteiger partial charge in [-0.15, -0.1) is 0 Å². The topological polar surface area (TPSA) is 64.8 Å². The summed E-state index contributed by atoms with van der Waals surface area (Å²) < 4.78 is 10.9. The van der Waals surface area contributed by atoms with Gasteiger partial charge < -0.3 is 20.1 Å². The van der Waals surface area contributed by atoms with Crippen molar-refractivity contribution in [1.29, 1.82) is 0 Å². The van der Waals surface area contributed by atoms with Gasteiger partial charge in [-0.3, -0.25) is 4.79 Å². The molecule has 0 aliphatic heterocycles. The Labute approximate surface area is 131 Å². The van der Waals surface area contributed by atoms with Crippen LogP contribution in [0.3, 0.4) is 0 Å². The number of benzene rings is 1. The number of aryl methyl sites for hydroxylation is 1. The van der Waals surface area contributed by atoms with Gasteiger partial charge >= 0.3 is 0 Å². The third kappa shape index (κ3) is 5.99. The van der Waals surface area contributed by atoms with E-state index in [4.69, 9.17) is 27.4 Å². The molecular weight excluding hydrogens is 288 g/mol. The molecule has 2 N–H and O–H groups in total. The Bertz CT molecular complexity index is 506. The van der Waals surface area contributed by atoms with Gasteiger partial charge in [0.2, 0.25) is 5.91 Å². The fourth-order valence-corrected chi connectivity index (χ4v) is 1.83. The summed E-state index contributed by atoms with van der Waals surface area (Å²) in [5.74, 6) is 1.31. The molecule has 0 aromatic heterocycles. The molecule has 0 aliphatic rings. The van der Waals surface area contributed by atoms with Gasteiger partial charge in [-0.05, 0) is 24.6 Å². The smallest absolute Gasteiger partial charge is 0.225 e. The summed E-state index contributed by atoms with van der Waals surface area (Å²) in [6.45, 7) is 2.81. The van der Waals surface area contributed by atoms with Crippen LogP contribution >= 0.6 is 12.2 Å². The Balaban J connectivity index is 2.42. The molecule has 0 saturated heterocycles. The van der Waals surface area contributed by atoms with E-state index in [1.807, 2.05) is 25.1 Å². The zero-order valence-corrected chi connectivity index (χ0v) is 13.5. The number of rotatable bonds is 8. The number of amides is 1. The van der Waals surface area contributed by atoms with E-state index in [2.05, 4.69) is 0 Å². The SMILES string of the molecule is COc1cc(C)ccc1OCCC(=O)N(C)CCC(N)=S. The third-order valence-corrected chi connectivity index (χ3v) is 3.22. The monoisotopic (exact) mass is 310 g/mol. The van der Waals surface area contributed by atoms with Gasteiger partial charge in [0.25, 0.3) is 0 Å². The Kier molecular flexibility index (Phi) is 6.94. The van der Waals surface area contributed by atoms with Crippen molar-refractivity contribution in [1.82, 2.24) is 4.90 Å². The number of nitrogens with zero attached hydrogens (tertiary/aromatic N) is 1. The van der Waals surface area contributed by atoms with Crippen molar-refractivity contribution in [3.63, 3.8) is 0 Å². The first-order valence-electron chi connectivity index (χ1n) is 6.73. The number of hydrogen-bond acceptors (Lipinski definition) is 4. The minimum absolute atomic E-state index is 0.00247. The Morgan fingerprint density at radius 3 is 2.67 bits per heavy atom. The maximum atomic E-state index is 11.9. The lowest BCUT2D eigenvalue weighted by atomic mass is 10.2. The molecule has 6 heteroatoms. The summed E-state index contributed by atoms with van der Waals surface area (Å²) in [4.78, 5) is 13.9. The molecule has 0 spiro atoms. The second-order valence-electron chi connectivity index (χ2n) is 4.78. The van der Waals surface area contributed by atoms with Crippen LogP contribution in [0.5, 0.6) is 11.5 Å². The fourth-order valence-electron chi connectivity index (χ4n) is 1.74. The van der Waals surface area contributed by atoms with Crippen LogP contribution in [0.15, 0.2) is 18.2 Å². The first-order valence-corrected chi connectivity index (χ1v) is 7.14. The Morgan fingerprint density at radius 2 is 2.05 bits per heavy atom. The Hall–Kier alpha value is -1.82. The van der Waals surface area contributed by atoms with Crippen molar-refractivity contribution < 1.29 is 14.3 Å². The van der Waals surface area contributed by atoms with Gasteiger partial charge in [0.05, 0.1) is 25.1 Å². The van der Waals surface area contributed by atoms with Crippen molar-refractivity contribution in [2.24, 2.45) is 5.73 Å². The van der Waals surface area contributed by atoms with E-state index in [-0.39, 0.29) is 5.91 Å². The maximum absolute atomic E-state index is 11.9. The second-order valence-corrected chi connectivity index (χ2v) is 5.31. The van der Waals surface area contributed by atoms with Crippen molar-refractivity contribution in [2.75, 3.05) is 27.3 Å². The average Bonchev–Trinajstić information content (AvgIpc) is 2.45. The quantitative estimate of drug-likeness (QED) is 0.743. The summed E-state index contributed by atoms with van der Waals surface area (Å²) in [6, 6.07) is 5.68. The molecule has 0 radical (unpaired) electrons. The first-order chi connectivity index (χ1) is 9.93. The summed E-state index contributed by atoms with van der Waals surface area (Å²) in [5.41, 5.74) is 6.51. The van der Waals surface area contributed by atoms with Crippen LogP contribution in [0.2, 0.25) is 0 Å². The van der Waals surface area contributed by atoms with E-state index in [1.165, 1.54) is 0 Å². The van der Waals surface area contributed by atoms with E-state index in [9.17, 15) is 4.79 Å². The summed E-state index contributed by atoms with van der Waals surface area (Å²) >= 11 is 4.79. The third-order valence-electron chi connectivity index (χ3n) is 3.01. The molecule has 1 aromatic rings. The van der Waals surface area contributed by atoms with Crippen LogP contribution in [0.4, 0.5) is 0 Å². The van der Waals surface area contributed by atoms with Gasteiger partial charge in [-0.1, -0.05) is 18.3 Å². The molecule has 5 nitrogen and oxygen atoms in total. The van der Waals surface area contributed by atoms with Crippen LogP contribution in [0.1, 0.15) is 18.4 Å². The number of ether oxygens (including phenoxy) is 2. The molecule has 0 atom stereocenters. The van der Waals surface area contributed by atoms with Crippen molar-refractivity contribution in [3.05, 3.63) is 23.8 Å². The molecule has 0 heterocycles. The molecular formula is C15H22N2O3S. The van der Waals surface area contributed by atoms with Crippen LogP contribution in [0.25, 0.3) is 0 Å². The molecule has 1 aromatic carbocycles. The minimum Gasteiger partial charge on any atom is -0.493 e. The first kappa shape index (κ1) is 17.2. The number of hydrogen-bond donors (Lipinski definition) is 1. The van der Waals surface area contributed by atoms with E-state index in [1.54, 1.807) is 19.1 Å². The molecule has 1 amide bonds. The van der Waals surface area contributed by atoms with Gasteiger partial charge in [-0.25, -0.2) is 0 Å². The molecule has 0 unspecified atom stereocenters. The van der Waals surface area contributed by atoms with E-state index in [0.717, 1.165) is 5.56 Å². The normalized spacial score (nSPS) is 10.0. The lowest BCUT2D eigenvalue weighted by Crippen LogP contribution is -2.30. The largest absolute Gasteiger partial charge is 0.493 e. The zero-order chi connectivity index (χ0) is 15.8. The van der Waals surface area contributed by atoms with Crippen LogP contribution in [-0.4, -0.2) is 43.1 Å². The highest BCUT2D eigenvalue weighted by molar-refractivity contribution is 7.80. The lowest BCUT2D eigenvalue weighted by Gasteiger charge is -2.17. The lowest BCUT2D eigenvalue weighted by molar-refractivity contribution is -0.130. The summed E-state index contributed by atoms with van der Waals surface area (Å²) in [7, 11) is 3.32. The van der Waals surface area contributed by atoms with E-state index >= 15 is 0 Å². The molecule has 0 saturated carbocycles. The summed E-state index contributed by atoms with van der Waals surface area (Å²) in [5, 5.41) is 0. The van der Waals surface area contributed by atoms with E-state index in [0.29, 0.717) is 42.5 Å². The number of methoxy groups -OCH3 is 1. The second kappa shape index (κ2) is 8.46. The molecule has 1 rings (SSSR count). The number of carbonyl (C=O) groups excluding carboxylic acids is 1. The predicted molar refractivity (Wildman–Crippen MR) is 86.9 cm³/mol. The van der Waals surface area contributed by atoms with Crippen molar-refractivity contribution >= 4 is 23.1 Å². The van der Waals surface area contributed by atoms with Crippen molar-refractivity contribution in [2.45, 2.75) is 19.8 Å². The zero-order valence-electron chi connectivity index (χ0n) is 12.7. The number of nitrogens with two attached hydrogens (primary N) is 1. The molecule has 0 fully saturated rings. The number of carbonyl (C=O) groups is 1. The molecule has 116 valence electrons. The van der Waals surface area contributed by atoms with Crippen LogP contribution in [0, 0.1) is 6.92 Å². The fraction of sp³-hybridized carbons (Fsp3) is 0.467. The highest BCUT2D eigenvalue weighted by Crippen LogP contribution is 2.27. The van der Waals surface area contributed by atoms with Crippen LogP contribution in [-0.2, 0) is 4.79 Å². The molecule has 0 bridgehead atoms. The minimum atomic E-state index is -0.00247.